The van der Waals surface area contributed by atoms with Crippen molar-refractivity contribution in [3.8, 4) is 11.3 Å². The minimum atomic E-state index is 0.838. The van der Waals surface area contributed by atoms with Gasteiger partial charge >= 0.3 is 0 Å². The van der Waals surface area contributed by atoms with Crippen molar-refractivity contribution in [2.45, 2.75) is 0 Å². The third-order valence-corrected chi connectivity index (χ3v) is 5.15. The standard InChI is InChI=1S/C23H16N4S/c1-3-7-18(8-4-1)27(19-9-5-2-6-10-19)20-13-11-17(12-14-20)21-15-22-23(16-24-21)26-28-25-22/h1-16H. The average molecular weight is 380 g/mol. The molecule has 4 nitrogen and oxygen atoms in total. The molecule has 28 heavy (non-hydrogen) atoms. The van der Waals surface area contributed by atoms with Crippen LogP contribution in [0.2, 0.25) is 0 Å². The minimum Gasteiger partial charge on any atom is -0.311 e. The van der Waals surface area contributed by atoms with E-state index in [-0.39, 0.29) is 0 Å². The maximum atomic E-state index is 4.53. The van der Waals surface area contributed by atoms with Crippen molar-refractivity contribution in [2.24, 2.45) is 0 Å². The number of nitrogens with zero attached hydrogens (tertiary/aromatic N) is 4. The Morgan fingerprint density at radius 2 is 1.18 bits per heavy atom. The van der Waals surface area contributed by atoms with E-state index in [4.69, 9.17) is 0 Å². The molecule has 0 aliphatic carbocycles. The quantitative estimate of drug-likeness (QED) is 0.371. The summed E-state index contributed by atoms with van der Waals surface area (Å²) < 4.78 is 8.53. The van der Waals surface area contributed by atoms with Crippen LogP contribution in [0.25, 0.3) is 22.3 Å². The molecule has 0 radical (unpaired) electrons. The van der Waals surface area contributed by atoms with E-state index in [0.29, 0.717) is 0 Å². The molecule has 0 aliphatic heterocycles. The second-order valence-corrected chi connectivity index (χ2v) is 6.90. The fraction of sp³-hybridized carbons (Fsp3) is 0. The molecule has 2 aromatic heterocycles. The Kier molecular flexibility index (Phi) is 4.27. The van der Waals surface area contributed by atoms with Gasteiger partial charge in [0.15, 0.2) is 0 Å². The summed E-state index contributed by atoms with van der Waals surface area (Å²) in [7, 11) is 0. The van der Waals surface area contributed by atoms with E-state index in [9.17, 15) is 0 Å². The SMILES string of the molecule is c1ccc(N(c2ccccc2)c2ccc(-c3cc4nsnc4cn3)cc2)cc1. The van der Waals surface area contributed by atoms with Crippen LogP contribution >= 0.6 is 11.7 Å². The first-order valence-corrected chi connectivity index (χ1v) is 9.70. The molecule has 0 bridgehead atoms. The van der Waals surface area contributed by atoms with Crippen molar-refractivity contribution < 1.29 is 0 Å². The summed E-state index contributed by atoms with van der Waals surface area (Å²) in [6.07, 6.45) is 1.78. The van der Waals surface area contributed by atoms with Gasteiger partial charge in [0.2, 0.25) is 0 Å². The van der Waals surface area contributed by atoms with Crippen LogP contribution in [-0.2, 0) is 0 Å². The number of para-hydroxylation sites is 2. The molecule has 0 saturated heterocycles. The number of rotatable bonds is 4. The average Bonchev–Trinajstić information content (AvgIpc) is 3.24. The Hall–Kier alpha value is -3.57. The molecule has 0 atom stereocenters. The highest BCUT2D eigenvalue weighted by Gasteiger charge is 2.12. The smallest absolute Gasteiger partial charge is 0.123 e. The van der Waals surface area contributed by atoms with E-state index in [1.165, 1.54) is 11.7 Å². The summed E-state index contributed by atoms with van der Waals surface area (Å²) >= 11 is 1.21. The third kappa shape index (κ3) is 3.12. The molecule has 5 aromatic rings. The predicted octanol–water partition coefficient (Wildman–Crippen LogP) is 6.22. The number of anilines is 3. The molecule has 0 aliphatic rings. The zero-order chi connectivity index (χ0) is 18.8. The van der Waals surface area contributed by atoms with Crippen molar-refractivity contribution in [1.29, 1.82) is 0 Å². The summed E-state index contributed by atoms with van der Waals surface area (Å²) in [5, 5.41) is 0. The number of aromatic nitrogens is 3. The summed E-state index contributed by atoms with van der Waals surface area (Å²) in [5.41, 5.74) is 7.01. The van der Waals surface area contributed by atoms with Crippen molar-refractivity contribution in [2.75, 3.05) is 4.90 Å². The van der Waals surface area contributed by atoms with Gasteiger partial charge in [-0.25, -0.2) is 0 Å². The highest BCUT2D eigenvalue weighted by Crippen LogP contribution is 2.35. The molecule has 0 spiro atoms. The van der Waals surface area contributed by atoms with Crippen LogP contribution in [0.5, 0.6) is 0 Å². The summed E-state index contributed by atoms with van der Waals surface area (Å²) in [5.74, 6) is 0. The topological polar surface area (TPSA) is 41.9 Å². The maximum Gasteiger partial charge on any atom is 0.123 e. The van der Waals surface area contributed by atoms with Gasteiger partial charge < -0.3 is 4.90 Å². The van der Waals surface area contributed by atoms with E-state index in [1.54, 1.807) is 6.20 Å². The maximum absolute atomic E-state index is 4.53. The Morgan fingerprint density at radius 3 is 1.82 bits per heavy atom. The first-order valence-electron chi connectivity index (χ1n) is 8.97. The molecule has 2 heterocycles. The fourth-order valence-corrected chi connectivity index (χ4v) is 3.73. The van der Waals surface area contributed by atoms with Gasteiger partial charge in [0.05, 0.1) is 23.6 Å². The Bertz CT molecular complexity index is 1160. The molecule has 5 rings (SSSR count). The van der Waals surface area contributed by atoms with Gasteiger partial charge in [0.25, 0.3) is 0 Å². The first kappa shape index (κ1) is 16.6. The van der Waals surface area contributed by atoms with Crippen LogP contribution in [0.4, 0.5) is 17.1 Å². The summed E-state index contributed by atoms with van der Waals surface area (Å²) in [4.78, 5) is 6.77. The number of pyridine rings is 1. The Balaban J connectivity index is 1.55. The number of fused-ring (bicyclic) bond motifs is 1. The molecule has 0 unspecified atom stereocenters. The third-order valence-electron chi connectivity index (χ3n) is 4.59. The van der Waals surface area contributed by atoms with E-state index < -0.39 is 0 Å². The molecule has 0 fully saturated rings. The lowest BCUT2D eigenvalue weighted by molar-refractivity contribution is 1.28. The van der Waals surface area contributed by atoms with Crippen molar-refractivity contribution >= 4 is 39.8 Å². The summed E-state index contributed by atoms with van der Waals surface area (Å²) in [6, 6.07) is 31.2. The van der Waals surface area contributed by atoms with E-state index in [2.05, 4.69) is 91.4 Å². The zero-order valence-corrected chi connectivity index (χ0v) is 15.8. The molecule has 134 valence electrons. The highest BCUT2D eigenvalue weighted by atomic mass is 32.1. The molecular weight excluding hydrogens is 364 g/mol. The van der Waals surface area contributed by atoms with Crippen LogP contribution in [0.3, 0.4) is 0 Å². The van der Waals surface area contributed by atoms with Crippen molar-refractivity contribution in [3.63, 3.8) is 0 Å². The molecular formula is C23H16N4S. The number of hydrogen-bond acceptors (Lipinski definition) is 5. The highest BCUT2D eigenvalue weighted by molar-refractivity contribution is 7.00. The lowest BCUT2D eigenvalue weighted by Crippen LogP contribution is -2.09. The first-order chi connectivity index (χ1) is 13.9. The lowest BCUT2D eigenvalue weighted by atomic mass is 10.1. The molecule has 0 amide bonds. The normalized spacial score (nSPS) is 10.9. The van der Waals surface area contributed by atoms with Crippen LogP contribution in [0.15, 0.2) is 97.2 Å². The lowest BCUT2D eigenvalue weighted by Gasteiger charge is -2.25. The molecule has 3 aromatic carbocycles. The van der Waals surface area contributed by atoms with E-state index in [1.807, 2.05) is 18.2 Å². The van der Waals surface area contributed by atoms with Crippen molar-refractivity contribution in [1.82, 2.24) is 13.7 Å². The largest absolute Gasteiger partial charge is 0.311 e. The second kappa shape index (κ2) is 7.21. The van der Waals surface area contributed by atoms with Gasteiger partial charge in [-0.05, 0) is 42.5 Å². The van der Waals surface area contributed by atoms with Crippen LogP contribution < -0.4 is 4.90 Å². The van der Waals surface area contributed by atoms with Gasteiger partial charge in [-0.3, -0.25) is 4.98 Å². The zero-order valence-electron chi connectivity index (χ0n) is 14.9. The Labute approximate surface area is 167 Å². The number of hydrogen-bond donors (Lipinski definition) is 0. The fourth-order valence-electron chi connectivity index (χ4n) is 3.23. The summed E-state index contributed by atoms with van der Waals surface area (Å²) in [6.45, 7) is 0. The Morgan fingerprint density at radius 1 is 0.607 bits per heavy atom. The molecule has 5 heteroatoms. The predicted molar refractivity (Wildman–Crippen MR) is 115 cm³/mol. The van der Waals surface area contributed by atoms with Gasteiger partial charge in [0.1, 0.15) is 11.0 Å². The van der Waals surface area contributed by atoms with Gasteiger partial charge in [0, 0.05) is 22.6 Å². The molecule has 0 saturated carbocycles. The van der Waals surface area contributed by atoms with Crippen LogP contribution in [0, 0.1) is 0 Å². The van der Waals surface area contributed by atoms with Crippen LogP contribution in [-0.4, -0.2) is 13.7 Å². The number of benzene rings is 3. The second-order valence-electron chi connectivity index (χ2n) is 6.38. The van der Waals surface area contributed by atoms with E-state index >= 15 is 0 Å². The monoisotopic (exact) mass is 380 g/mol. The van der Waals surface area contributed by atoms with Crippen LogP contribution in [0.1, 0.15) is 0 Å². The van der Waals surface area contributed by atoms with Gasteiger partial charge in [-0.2, -0.15) is 8.75 Å². The van der Waals surface area contributed by atoms with E-state index in [0.717, 1.165) is 39.4 Å². The van der Waals surface area contributed by atoms with Gasteiger partial charge in [-0.1, -0.05) is 48.5 Å². The minimum absolute atomic E-state index is 0.838. The van der Waals surface area contributed by atoms with Gasteiger partial charge in [-0.15, -0.1) is 0 Å². The molecule has 0 N–H and O–H groups in total. The van der Waals surface area contributed by atoms with Crippen molar-refractivity contribution in [3.05, 3.63) is 97.2 Å².